The minimum Gasteiger partial charge on any atom is -0.485 e. The van der Waals surface area contributed by atoms with Gasteiger partial charge in [-0.25, -0.2) is 4.79 Å². The van der Waals surface area contributed by atoms with Gasteiger partial charge in [-0.1, -0.05) is 0 Å². The van der Waals surface area contributed by atoms with Crippen molar-refractivity contribution < 1.29 is 18.9 Å². The number of rotatable bonds is 5. The molecule has 2 aromatic rings. The van der Waals surface area contributed by atoms with Crippen LogP contribution in [0.1, 0.15) is 16.1 Å². The van der Waals surface area contributed by atoms with E-state index in [1.54, 1.807) is 6.92 Å². The molecule has 0 N–H and O–H groups in total. The summed E-state index contributed by atoms with van der Waals surface area (Å²) < 4.78 is 9.98. The number of nitrogens with zero attached hydrogens (tertiary/aromatic N) is 1. The highest BCUT2D eigenvalue weighted by molar-refractivity contribution is 5.97. The van der Waals surface area contributed by atoms with Gasteiger partial charge in [0.15, 0.2) is 12.4 Å². The standard InChI is InChI=1S/C14H11NO6/c1-9-6-12(7-14(17)21-9)20-8-13(16)10-2-4-11(5-3-10)15(18)19/h2-7H,8H2,1H3. The molecule has 7 nitrogen and oxygen atoms in total. The highest BCUT2D eigenvalue weighted by Gasteiger charge is 2.10. The lowest BCUT2D eigenvalue weighted by atomic mass is 10.1. The molecule has 0 atom stereocenters. The molecule has 0 amide bonds. The van der Waals surface area contributed by atoms with E-state index in [0.717, 1.165) is 6.07 Å². The first-order valence-electron chi connectivity index (χ1n) is 5.98. The molecule has 0 saturated heterocycles. The lowest BCUT2D eigenvalue weighted by Crippen LogP contribution is -2.12. The molecule has 0 unspecified atom stereocenters. The summed E-state index contributed by atoms with van der Waals surface area (Å²) in [6, 6.07) is 7.83. The van der Waals surface area contributed by atoms with Crippen LogP contribution in [0.4, 0.5) is 5.69 Å². The van der Waals surface area contributed by atoms with Crippen LogP contribution in [-0.2, 0) is 0 Å². The van der Waals surface area contributed by atoms with E-state index in [0.29, 0.717) is 11.3 Å². The Labute approximate surface area is 118 Å². The molecule has 0 aliphatic rings. The minimum atomic E-state index is -0.562. The first-order chi connectivity index (χ1) is 9.95. The largest absolute Gasteiger partial charge is 0.485 e. The van der Waals surface area contributed by atoms with Crippen molar-refractivity contribution in [2.24, 2.45) is 0 Å². The van der Waals surface area contributed by atoms with Gasteiger partial charge in [0, 0.05) is 23.8 Å². The summed E-state index contributed by atoms with van der Waals surface area (Å²) in [5.41, 5.74) is -0.364. The van der Waals surface area contributed by atoms with Crippen molar-refractivity contribution in [2.45, 2.75) is 6.92 Å². The van der Waals surface area contributed by atoms with E-state index in [2.05, 4.69) is 0 Å². The second-order valence-electron chi connectivity index (χ2n) is 4.24. The maximum atomic E-state index is 11.9. The van der Waals surface area contributed by atoms with Gasteiger partial charge in [0.25, 0.3) is 5.69 Å². The van der Waals surface area contributed by atoms with Gasteiger partial charge in [0.05, 0.1) is 11.0 Å². The van der Waals surface area contributed by atoms with Crippen molar-refractivity contribution in [3.8, 4) is 5.75 Å². The number of nitro groups is 1. The average molecular weight is 289 g/mol. The number of aryl methyl sites for hydroxylation is 1. The van der Waals surface area contributed by atoms with Gasteiger partial charge in [-0.05, 0) is 19.1 Å². The molecule has 0 saturated carbocycles. The Morgan fingerprint density at radius 3 is 2.52 bits per heavy atom. The fraction of sp³-hybridized carbons (Fsp3) is 0.143. The number of non-ortho nitro benzene ring substituents is 1. The summed E-state index contributed by atoms with van der Waals surface area (Å²) in [6.07, 6.45) is 0. The third-order valence-corrected chi connectivity index (χ3v) is 2.64. The van der Waals surface area contributed by atoms with Crippen LogP contribution in [0.3, 0.4) is 0 Å². The molecule has 0 spiro atoms. The zero-order chi connectivity index (χ0) is 15.4. The van der Waals surface area contributed by atoms with Crippen LogP contribution in [0.25, 0.3) is 0 Å². The summed E-state index contributed by atoms with van der Waals surface area (Å²) in [5.74, 6) is 0.259. The van der Waals surface area contributed by atoms with Crippen LogP contribution in [-0.4, -0.2) is 17.3 Å². The maximum absolute atomic E-state index is 11.9. The summed E-state index contributed by atoms with van der Waals surface area (Å²) in [6.45, 7) is 1.31. The van der Waals surface area contributed by atoms with Gasteiger partial charge in [0.2, 0.25) is 0 Å². The van der Waals surface area contributed by atoms with Gasteiger partial charge in [-0.2, -0.15) is 0 Å². The molecule has 0 bridgehead atoms. The minimum absolute atomic E-state index is 0.0937. The summed E-state index contributed by atoms with van der Waals surface area (Å²) >= 11 is 0. The third kappa shape index (κ3) is 3.75. The fourth-order valence-electron chi connectivity index (χ4n) is 1.66. The Balaban J connectivity index is 2.04. The lowest BCUT2D eigenvalue weighted by Gasteiger charge is -2.05. The van der Waals surface area contributed by atoms with E-state index < -0.39 is 10.5 Å². The second kappa shape index (κ2) is 6.00. The summed E-state index contributed by atoms with van der Waals surface area (Å²) in [5, 5.41) is 10.5. The lowest BCUT2D eigenvalue weighted by molar-refractivity contribution is -0.384. The molecule has 0 aliphatic heterocycles. The maximum Gasteiger partial charge on any atom is 0.339 e. The van der Waals surface area contributed by atoms with Crippen molar-refractivity contribution >= 4 is 11.5 Å². The number of benzene rings is 1. The first-order valence-corrected chi connectivity index (χ1v) is 5.98. The van der Waals surface area contributed by atoms with Crippen molar-refractivity contribution in [1.29, 1.82) is 0 Å². The van der Waals surface area contributed by atoms with Crippen LogP contribution in [0.5, 0.6) is 5.75 Å². The van der Waals surface area contributed by atoms with Crippen LogP contribution in [0.15, 0.2) is 45.6 Å². The molecule has 0 fully saturated rings. The van der Waals surface area contributed by atoms with E-state index >= 15 is 0 Å². The Hall–Kier alpha value is -2.96. The summed E-state index contributed by atoms with van der Waals surface area (Å²) in [7, 11) is 0. The predicted molar refractivity (Wildman–Crippen MR) is 72.6 cm³/mol. The molecule has 1 aromatic carbocycles. The molecular formula is C14H11NO6. The van der Waals surface area contributed by atoms with E-state index in [4.69, 9.17) is 9.15 Å². The van der Waals surface area contributed by atoms with Crippen LogP contribution in [0.2, 0.25) is 0 Å². The molecule has 0 radical (unpaired) electrons. The van der Waals surface area contributed by atoms with Gasteiger partial charge in [-0.3, -0.25) is 14.9 Å². The quantitative estimate of drug-likeness (QED) is 0.475. The predicted octanol–water partition coefficient (Wildman–Crippen LogP) is 2.12. The molecule has 2 rings (SSSR count). The fourth-order valence-corrected chi connectivity index (χ4v) is 1.66. The SMILES string of the molecule is Cc1cc(OCC(=O)c2ccc([N+](=O)[O-])cc2)cc(=O)o1. The molecular weight excluding hydrogens is 278 g/mol. The number of nitro benzene ring substituents is 1. The Kier molecular flexibility index (Phi) is 4.13. The number of carbonyl (C=O) groups is 1. The highest BCUT2D eigenvalue weighted by Crippen LogP contribution is 2.14. The van der Waals surface area contributed by atoms with Gasteiger partial charge in [0.1, 0.15) is 11.5 Å². The molecule has 1 heterocycles. The number of Topliss-reactive ketones (excluding diaryl/α,β-unsaturated/α-hetero) is 1. The Bertz CT molecular complexity index is 732. The normalized spacial score (nSPS) is 10.1. The van der Waals surface area contributed by atoms with Crippen LogP contribution < -0.4 is 10.4 Å². The van der Waals surface area contributed by atoms with Crippen LogP contribution in [0, 0.1) is 17.0 Å². The average Bonchev–Trinajstić information content (AvgIpc) is 2.44. The zero-order valence-corrected chi connectivity index (χ0v) is 11.1. The first kappa shape index (κ1) is 14.4. The van der Waals surface area contributed by atoms with Gasteiger partial charge < -0.3 is 9.15 Å². The van der Waals surface area contributed by atoms with E-state index in [1.807, 2.05) is 0 Å². The zero-order valence-electron chi connectivity index (χ0n) is 11.1. The van der Waals surface area contributed by atoms with Crippen molar-refractivity contribution in [3.05, 3.63) is 68.3 Å². The smallest absolute Gasteiger partial charge is 0.339 e. The van der Waals surface area contributed by atoms with Crippen LogP contribution >= 0.6 is 0 Å². The molecule has 0 aliphatic carbocycles. The van der Waals surface area contributed by atoms with E-state index in [-0.39, 0.29) is 23.8 Å². The van der Waals surface area contributed by atoms with E-state index in [1.165, 1.54) is 30.3 Å². The molecule has 21 heavy (non-hydrogen) atoms. The van der Waals surface area contributed by atoms with E-state index in [9.17, 15) is 19.7 Å². The van der Waals surface area contributed by atoms with Crippen molar-refractivity contribution in [3.63, 3.8) is 0 Å². The van der Waals surface area contributed by atoms with Crippen molar-refractivity contribution in [2.75, 3.05) is 6.61 Å². The second-order valence-corrected chi connectivity index (χ2v) is 4.24. The van der Waals surface area contributed by atoms with Gasteiger partial charge in [-0.15, -0.1) is 0 Å². The monoisotopic (exact) mass is 289 g/mol. The number of hydrogen-bond acceptors (Lipinski definition) is 6. The van der Waals surface area contributed by atoms with Gasteiger partial charge >= 0.3 is 5.63 Å². The third-order valence-electron chi connectivity index (χ3n) is 2.64. The molecule has 1 aromatic heterocycles. The molecule has 108 valence electrons. The Morgan fingerprint density at radius 1 is 1.29 bits per heavy atom. The number of ketones is 1. The van der Waals surface area contributed by atoms with Crippen molar-refractivity contribution in [1.82, 2.24) is 0 Å². The molecule has 7 heteroatoms. The number of hydrogen-bond donors (Lipinski definition) is 0. The highest BCUT2D eigenvalue weighted by atomic mass is 16.6. The number of carbonyl (C=O) groups excluding carboxylic acids is 1. The topological polar surface area (TPSA) is 99.6 Å². The Morgan fingerprint density at radius 2 is 1.95 bits per heavy atom. The summed E-state index contributed by atoms with van der Waals surface area (Å²) in [4.78, 5) is 33.0. The number of ether oxygens (including phenoxy) is 1.